The van der Waals surface area contributed by atoms with Gasteiger partial charge in [-0.15, -0.1) is 0 Å². The highest BCUT2D eigenvalue weighted by Gasteiger charge is 2.35. The number of hydrogen-bond donors (Lipinski definition) is 1. The van der Waals surface area contributed by atoms with Crippen LogP contribution in [0.3, 0.4) is 0 Å². The first-order valence-electron chi connectivity index (χ1n) is 8.45. The van der Waals surface area contributed by atoms with Crippen LogP contribution in [0, 0.1) is 11.8 Å². The van der Waals surface area contributed by atoms with Gasteiger partial charge in [-0.1, -0.05) is 71.1 Å². The maximum Gasteiger partial charge on any atom is 0.303 e. The smallest absolute Gasteiger partial charge is 0.303 e. The molecule has 0 radical (unpaired) electrons. The second-order valence-electron chi connectivity index (χ2n) is 6.31. The molecule has 112 valence electrons. The molecule has 1 fully saturated rings. The number of unbranched alkanes of at least 4 members (excludes halogenated alkanes) is 7. The van der Waals surface area contributed by atoms with Crippen molar-refractivity contribution in [2.75, 3.05) is 0 Å². The summed E-state index contributed by atoms with van der Waals surface area (Å²) in [5, 5.41) is 8.57. The molecule has 1 saturated carbocycles. The third-order valence-electron chi connectivity index (χ3n) is 4.46. The molecule has 1 aliphatic rings. The summed E-state index contributed by atoms with van der Waals surface area (Å²) >= 11 is 0. The Bertz CT molecular complexity index is 237. The maximum absolute atomic E-state index is 10.4. The van der Waals surface area contributed by atoms with Gasteiger partial charge < -0.3 is 5.11 Å². The summed E-state index contributed by atoms with van der Waals surface area (Å²) in [6.45, 7) is 2.27. The van der Waals surface area contributed by atoms with E-state index in [4.69, 9.17) is 5.11 Å². The van der Waals surface area contributed by atoms with E-state index in [-0.39, 0.29) is 0 Å². The van der Waals surface area contributed by atoms with Crippen molar-refractivity contribution in [2.45, 2.75) is 90.4 Å². The molecule has 0 aliphatic heterocycles. The first kappa shape index (κ1) is 16.5. The lowest BCUT2D eigenvalue weighted by Crippen LogP contribution is -1.94. The number of rotatable bonds is 13. The van der Waals surface area contributed by atoms with Gasteiger partial charge in [-0.3, -0.25) is 4.79 Å². The summed E-state index contributed by atoms with van der Waals surface area (Å²) in [6, 6.07) is 0. The van der Waals surface area contributed by atoms with Gasteiger partial charge in [0.2, 0.25) is 0 Å². The molecule has 2 atom stereocenters. The number of carbonyl (C=O) groups is 1. The first-order chi connectivity index (χ1) is 9.24. The largest absolute Gasteiger partial charge is 0.481 e. The molecule has 1 N–H and O–H groups in total. The van der Waals surface area contributed by atoms with Gasteiger partial charge in [-0.05, 0) is 24.7 Å². The van der Waals surface area contributed by atoms with Crippen molar-refractivity contribution < 1.29 is 9.90 Å². The van der Waals surface area contributed by atoms with E-state index in [2.05, 4.69) is 6.92 Å². The van der Waals surface area contributed by atoms with E-state index in [1.54, 1.807) is 0 Å². The Labute approximate surface area is 119 Å². The summed E-state index contributed by atoms with van der Waals surface area (Å²) < 4.78 is 0. The van der Waals surface area contributed by atoms with E-state index in [0.717, 1.165) is 24.7 Å². The van der Waals surface area contributed by atoms with E-state index in [1.165, 1.54) is 64.2 Å². The molecule has 0 spiro atoms. The molecule has 0 aromatic rings. The highest BCUT2D eigenvalue weighted by atomic mass is 16.4. The van der Waals surface area contributed by atoms with Crippen LogP contribution in [0.5, 0.6) is 0 Å². The van der Waals surface area contributed by atoms with Gasteiger partial charge in [-0.2, -0.15) is 0 Å². The molecular formula is C17H32O2. The van der Waals surface area contributed by atoms with Gasteiger partial charge in [0.1, 0.15) is 0 Å². The Hall–Kier alpha value is -0.530. The first-order valence-corrected chi connectivity index (χ1v) is 8.45. The minimum absolute atomic E-state index is 0.356. The van der Waals surface area contributed by atoms with Gasteiger partial charge in [0.05, 0.1) is 0 Å². The van der Waals surface area contributed by atoms with Crippen molar-refractivity contribution >= 4 is 5.97 Å². The van der Waals surface area contributed by atoms with Crippen LogP contribution in [0.1, 0.15) is 90.4 Å². The quantitative estimate of drug-likeness (QED) is 0.453. The average molecular weight is 268 g/mol. The van der Waals surface area contributed by atoms with Crippen molar-refractivity contribution in [3.05, 3.63) is 0 Å². The van der Waals surface area contributed by atoms with Crippen molar-refractivity contribution in [1.29, 1.82) is 0 Å². The number of aliphatic carboxylic acids is 1. The monoisotopic (exact) mass is 268 g/mol. The summed E-state index contributed by atoms with van der Waals surface area (Å²) in [7, 11) is 0. The Kier molecular flexibility index (Phi) is 8.94. The zero-order chi connectivity index (χ0) is 13.9. The minimum atomic E-state index is -0.643. The lowest BCUT2D eigenvalue weighted by molar-refractivity contribution is -0.137. The lowest BCUT2D eigenvalue weighted by atomic mass is 10.0. The third-order valence-corrected chi connectivity index (χ3v) is 4.46. The van der Waals surface area contributed by atoms with Crippen LogP contribution in [-0.4, -0.2) is 11.1 Å². The van der Waals surface area contributed by atoms with E-state index in [9.17, 15) is 4.79 Å². The van der Waals surface area contributed by atoms with Gasteiger partial charge >= 0.3 is 5.97 Å². The zero-order valence-electron chi connectivity index (χ0n) is 12.7. The summed E-state index contributed by atoms with van der Waals surface area (Å²) in [5.41, 5.74) is 0. The molecular weight excluding hydrogens is 236 g/mol. The Balaban J connectivity index is 1.79. The van der Waals surface area contributed by atoms with E-state index >= 15 is 0 Å². The molecule has 2 nitrogen and oxygen atoms in total. The lowest BCUT2D eigenvalue weighted by Gasteiger charge is -2.02. The topological polar surface area (TPSA) is 37.3 Å². The Morgan fingerprint density at radius 3 is 2.00 bits per heavy atom. The van der Waals surface area contributed by atoms with Crippen molar-refractivity contribution in [3.8, 4) is 0 Å². The van der Waals surface area contributed by atoms with Crippen LogP contribution < -0.4 is 0 Å². The average Bonchev–Trinajstić information content (AvgIpc) is 3.12. The van der Waals surface area contributed by atoms with Crippen LogP contribution in [-0.2, 0) is 4.79 Å². The van der Waals surface area contributed by atoms with Crippen molar-refractivity contribution in [2.24, 2.45) is 11.8 Å². The van der Waals surface area contributed by atoms with E-state index in [0.29, 0.717) is 6.42 Å². The Morgan fingerprint density at radius 1 is 0.895 bits per heavy atom. The van der Waals surface area contributed by atoms with Gasteiger partial charge in [0.25, 0.3) is 0 Å². The van der Waals surface area contributed by atoms with Crippen molar-refractivity contribution in [3.63, 3.8) is 0 Å². The van der Waals surface area contributed by atoms with E-state index < -0.39 is 5.97 Å². The van der Waals surface area contributed by atoms with Crippen LogP contribution in [0.4, 0.5) is 0 Å². The molecule has 0 aromatic heterocycles. The summed E-state index contributed by atoms with van der Waals surface area (Å²) in [6.07, 6.45) is 16.3. The number of carboxylic acids is 1. The standard InChI is InChI=1S/C17H32O2/c1-2-3-4-5-6-7-8-11-15-14-16(15)12-9-10-13-17(18)19/h15-16H,2-14H2,1H3,(H,18,19). The molecule has 0 amide bonds. The summed E-state index contributed by atoms with van der Waals surface area (Å²) in [5.74, 6) is 1.28. The number of carboxylic acid groups (broad SMARTS) is 1. The molecule has 1 aliphatic carbocycles. The highest BCUT2D eigenvalue weighted by Crippen LogP contribution is 2.45. The highest BCUT2D eigenvalue weighted by molar-refractivity contribution is 5.66. The molecule has 0 saturated heterocycles. The fourth-order valence-corrected chi connectivity index (χ4v) is 3.06. The number of hydrogen-bond acceptors (Lipinski definition) is 1. The molecule has 1 rings (SSSR count). The van der Waals surface area contributed by atoms with Crippen molar-refractivity contribution in [1.82, 2.24) is 0 Å². The molecule has 2 heteroatoms. The second kappa shape index (κ2) is 10.3. The normalized spacial score (nSPS) is 21.5. The van der Waals surface area contributed by atoms with Crippen LogP contribution in [0.15, 0.2) is 0 Å². The maximum atomic E-state index is 10.4. The third kappa shape index (κ3) is 9.07. The van der Waals surface area contributed by atoms with E-state index in [1.807, 2.05) is 0 Å². The van der Waals surface area contributed by atoms with Crippen LogP contribution in [0.2, 0.25) is 0 Å². The zero-order valence-corrected chi connectivity index (χ0v) is 12.7. The molecule has 0 bridgehead atoms. The fourth-order valence-electron chi connectivity index (χ4n) is 3.06. The second-order valence-corrected chi connectivity index (χ2v) is 6.31. The van der Waals surface area contributed by atoms with Gasteiger partial charge in [0, 0.05) is 6.42 Å². The van der Waals surface area contributed by atoms with Gasteiger partial charge in [0.15, 0.2) is 0 Å². The predicted molar refractivity (Wildman–Crippen MR) is 80.3 cm³/mol. The van der Waals surface area contributed by atoms with Gasteiger partial charge in [-0.25, -0.2) is 0 Å². The van der Waals surface area contributed by atoms with Crippen LogP contribution >= 0.6 is 0 Å². The molecule has 0 heterocycles. The molecule has 2 unspecified atom stereocenters. The SMILES string of the molecule is CCCCCCCCCC1CC1CCCCC(=O)O. The Morgan fingerprint density at radius 2 is 1.42 bits per heavy atom. The van der Waals surface area contributed by atoms with Crippen LogP contribution in [0.25, 0.3) is 0 Å². The molecule has 0 aromatic carbocycles. The minimum Gasteiger partial charge on any atom is -0.481 e. The summed E-state index contributed by atoms with van der Waals surface area (Å²) in [4.78, 5) is 10.4. The molecule has 19 heavy (non-hydrogen) atoms. The fraction of sp³-hybridized carbons (Fsp3) is 0.941. The predicted octanol–water partition coefficient (Wildman–Crippen LogP) is 5.41.